The summed E-state index contributed by atoms with van der Waals surface area (Å²) in [6.45, 7) is 0. The van der Waals surface area contributed by atoms with Gasteiger partial charge in [0, 0.05) is 0 Å². The maximum absolute atomic E-state index is 6.01. The van der Waals surface area contributed by atoms with Gasteiger partial charge in [-0.3, -0.25) is 0 Å². The minimum atomic E-state index is -3.08. The van der Waals surface area contributed by atoms with Crippen LogP contribution in [0, 0.1) is 0 Å². The van der Waals surface area contributed by atoms with Gasteiger partial charge in [-0.2, -0.15) is 0 Å². The summed E-state index contributed by atoms with van der Waals surface area (Å²) in [5, 5.41) is 0. The van der Waals surface area contributed by atoms with Crippen molar-refractivity contribution in [1.29, 1.82) is 0 Å². The Morgan fingerprint density at radius 3 is 1.35 bits per heavy atom. The van der Waals surface area contributed by atoms with Crippen LogP contribution in [0.2, 0.25) is 9.36 Å². The van der Waals surface area contributed by atoms with E-state index < -0.39 is 20.8 Å². The van der Waals surface area contributed by atoms with Gasteiger partial charge in [0.15, 0.2) is 0 Å². The Kier molecular flexibility index (Phi) is 4.00. The molecule has 17 heavy (non-hydrogen) atoms. The maximum atomic E-state index is 6.01. The van der Waals surface area contributed by atoms with Crippen LogP contribution in [0.3, 0.4) is 0 Å². The van der Waals surface area contributed by atoms with Gasteiger partial charge in [-0.25, -0.2) is 0 Å². The molecule has 0 fully saturated rings. The van der Waals surface area contributed by atoms with Crippen LogP contribution < -0.4 is 5.71 Å². The Morgan fingerprint density at radius 2 is 1.00 bits per heavy atom. The number of benzene rings is 2. The van der Waals surface area contributed by atoms with Crippen molar-refractivity contribution in [2.24, 2.45) is 0 Å². The molecule has 0 heterocycles. The number of hydrogen-bond donors (Lipinski definition) is 0. The second-order valence-electron chi connectivity index (χ2n) is 4.23. The zero-order chi connectivity index (χ0) is 12.1. The van der Waals surface area contributed by atoms with E-state index in [1.54, 1.807) is 0 Å². The van der Waals surface area contributed by atoms with E-state index in [1.165, 1.54) is 0 Å². The predicted molar refractivity (Wildman–Crippen MR) is 65.9 cm³/mol. The Hall–Kier alpha value is -1.09. The van der Waals surface area contributed by atoms with Gasteiger partial charge in [0.25, 0.3) is 0 Å². The molecule has 0 aliphatic heterocycles. The van der Waals surface area contributed by atoms with Crippen LogP contribution >= 0.6 is 0 Å². The molecule has 0 N–H and O–H groups in total. The first kappa shape index (κ1) is 12.4. The summed E-state index contributed by atoms with van der Waals surface area (Å²) in [4.78, 5) is 0. The molecule has 0 radical (unpaired) electrons. The SMILES string of the molecule is [CH3][Hf]([CH3])([O]c1ccccc1)[O]c1ccccc1. The van der Waals surface area contributed by atoms with Gasteiger partial charge in [-0.1, -0.05) is 0 Å². The van der Waals surface area contributed by atoms with Gasteiger partial charge < -0.3 is 0 Å². The Morgan fingerprint density at radius 1 is 0.647 bits per heavy atom. The summed E-state index contributed by atoms with van der Waals surface area (Å²) in [5.74, 6) is 1.80. The van der Waals surface area contributed by atoms with Crippen molar-refractivity contribution in [2.45, 2.75) is 9.36 Å². The first-order chi connectivity index (χ1) is 8.16. The van der Waals surface area contributed by atoms with Crippen LogP contribution in [-0.2, 0) is 20.8 Å². The molecule has 2 rings (SSSR count). The third-order valence-corrected chi connectivity index (χ3v) is 7.44. The van der Waals surface area contributed by atoms with Gasteiger partial charge in [0.1, 0.15) is 0 Å². The first-order valence-electron chi connectivity index (χ1n) is 5.64. The molecule has 0 unspecified atom stereocenters. The van der Waals surface area contributed by atoms with Gasteiger partial charge in [-0.15, -0.1) is 0 Å². The monoisotopic (exact) mass is 396 g/mol. The average Bonchev–Trinajstić information content (AvgIpc) is 2.30. The molecule has 0 aliphatic carbocycles. The summed E-state index contributed by atoms with van der Waals surface area (Å²) in [6, 6.07) is 19.7. The van der Waals surface area contributed by atoms with Crippen molar-refractivity contribution < 1.29 is 26.6 Å². The first-order valence-corrected chi connectivity index (χ1v) is 15.8. The van der Waals surface area contributed by atoms with Crippen molar-refractivity contribution >= 4 is 0 Å². The molecule has 0 spiro atoms. The molecule has 2 nitrogen and oxygen atoms in total. The Balaban J connectivity index is 2.04. The fourth-order valence-corrected chi connectivity index (χ4v) is 6.77. The van der Waals surface area contributed by atoms with Crippen molar-refractivity contribution in [2.75, 3.05) is 0 Å². The van der Waals surface area contributed by atoms with E-state index in [1.807, 2.05) is 60.7 Å². The van der Waals surface area contributed by atoms with E-state index in [2.05, 4.69) is 9.36 Å². The molecule has 0 aromatic heterocycles. The molecule has 0 aliphatic rings. The van der Waals surface area contributed by atoms with Crippen LogP contribution in [-0.4, -0.2) is 0 Å². The third-order valence-electron chi connectivity index (χ3n) is 2.21. The summed E-state index contributed by atoms with van der Waals surface area (Å²) in [7, 11) is 0. The fraction of sp³-hybridized carbons (Fsp3) is 0.143. The van der Waals surface area contributed by atoms with Crippen LogP contribution in [0.15, 0.2) is 60.7 Å². The molecule has 2 aromatic rings. The predicted octanol–water partition coefficient (Wildman–Crippen LogP) is 4.22. The van der Waals surface area contributed by atoms with E-state index in [-0.39, 0.29) is 0 Å². The molecular formula is C14H16HfO2. The Bertz CT molecular complexity index is 411. The molecular weight excluding hydrogens is 379 g/mol. The minimum absolute atomic E-state index is 0.898. The fourth-order valence-electron chi connectivity index (χ4n) is 1.57. The van der Waals surface area contributed by atoms with Crippen molar-refractivity contribution in [3.63, 3.8) is 0 Å². The second-order valence-corrected chi connectivity index (χ2v) is 15.8. The van der Waals surface area contributed by atoms with Gasteiger partial charge in [0.05, 0.1) is 0 Å². The molecule has 0 saturated heterocycles. The summed E-state index contributed by atoms with van der Waals surface area (Å²) in [5.41, 5.74) is 0. The average molecular weight is 395 g/mol. The topological polar surface area (TPSA) is 18.5 Å². The standard InChI is InChI=1S/2C6H6O.2CH3.Hf/c2*7-6-4-2-1-3-5-6;;;/h2*1-5,7H;2*1H3;/q;;;;+2/p-2. The Labute approximate surface area is 108 Å². The number of para-hydroxylation sites is 2. The van der Waals surface area contributed by atoms with E-state index in [0.717, 1.165) is 11.5 Å². The summed E-state index contributed by atoms with van der Waals surface area (Å²) >= 11 is -3.08. The molecule has 0 amide bonds. The molecule has 88 valence electrons. The molecule has 0 saturated carbocycles. The normalized spacial score (nSPS) is 10.9. The van der Waals surface area contributed by atoms with Crippen LogP contribution in [0.1, 0.15) is 0 Å². The van der Waals surface area contributed by atoms with E-state index in [0.29, 0.717) is 0 Å². The molecule has 3 heteroatoms. The number of rotatable bonds is 4. The third kappa shape index (κ3) is 4.00. The van der Waals surface area contributed by atoms with Gasteiger partial charge in [0.2, 0.25) is 0 Å². The van der Waals surface area contributed by atoms with Crippen LogP contribution in [0.5, 0.6) is 11.5 Å². The zero-order valence-electron chi connectivity index (χ0n) is 10.1. The quantitative estimate of drug-likeness (QED) is 0.723. The van der Waals surface area contributed by atoms with Gasteiger partial charge in [-0.05, 0) is 0 Å². The van der Waals surface area contributed by atoms with Crippen molar-refractivity contribution in [3.8, 4) is 11.5 Å². The van der Waals surface area contributed by atoms with Crippen LogP contribution in [0.25, 0.3) is 0 Å². The van der Waals surface area contributed by atoms with Crippen molar-refractivity contribution in [3.05, 3.63) is 60.7 Å². The van der Waals surface area contributed by atoms with Gasteiger partial charge >= 0.3 is 108 Å². The molecule has 0 bridgehead atoms. The zero-order valence-corrected chi connectivity index (χ0v) is 13.7. The van der Waals surface area contributed by atoms with E-state index in [4.69, 9.17) is 5.71 Å². The van der Waals surface area contributed by atoms with E-state index >= 15 is 0 Å². The summed E-state index contributed by atoms with van der Waals surface area (Å²) in [6.07, 6.45) is 0. The van der Waals surface area contributed by atoms with E-state index in [9.17, 15) is 0 Å². The van der Waals surface area contributed by atoms with Crippen molar-refractivity contribution in [1.82, 2.24) is 0 Å². The second kappa shape index (κ2) is 5.50. The molecule has 0 atom stereocenters. The molecule has 2 aromatic carbocycles. The van der Waals surface area contributed by atoms with Crippen LogP contribution in [0.4, 0.5) is 0 Å². The summed E-state index contributed by atoms with van der Waals surface area (Å²) < 4.78 is 16.2. The number of hydrogen-bond acceptors (Lipinski definition) is 2.